The highest BCUT2D eigenvalue weighted by molar-refractivity contribution is 14.1. The summed E-state index contributed by atoms with van der Waals surface area (Å²) in [5, 5.41) is 2.96. The van der Waals surface area contributed by atoms with Gasteiger partial charge in [-0.25, -0.2) is 0 Å². The Balaban J connectivity index is 2.07. The van der Waals surface area contributed by atoms with E-state index in [2.05, 4.69) is 63.8 Å². The molecule has 0 aliphatic heterocycles. The van der Waals surface area contributed by atoms with Crippen LogP contribution in [0.4, 0.5) is 0 Å². The molecule has 5 heteroatoms. The lowest BCUT2D eigenvalue weighted by atomic mass is 10.2. The molecule has 0 unspecified atom stereocenters. The van der Waals surface area contributed by atoms with Crippen molar-refractivity contribution in [3.8, 4) is 0 Å². The van der Waals surface area contributed by atoms with Crippen LogP contribution in [0.3, 0.4) is 0 Å². The van der Waals surface area contributed by atoms with Gasteiger partial charge in [0.1, 0.15) is 0 Å². The first-order valence-electron chi connectivity index (χ1n) is 5.76. The average Bonchev–Trinajstić information content (AvgIpc) is 2.69. The van der Waals surface area contributed by atoms with Gasteiger partial charge in [-0.15, -0.1) is 11.3 Å². The van der Waals surface area contributed by atoms with Crippen LogP contribution < -0.4 is 5.32 Å². The zero-order valence-corrected chi connectivity index (χ0v) is 15.1. The molecule has 1 aromatic carbocycles. The van der Waals surface area contributed by atoms with Gasteiger partial charge in [-0.05, 0) is 82.2 Å². The monoisotopic (exact) mass is 449 g/mol. The fourth-order valence-corrected chi connectivity index (χ4v) is 3.58. The number of amides is 1. The van der Waals surface area contributed by atoms with Gasteiger partial charge in [0.2, 0.25) is 0 Å². The third kappa shape index (κ3) is 3.79. The molecule has 0 fully saturated rings. The summed E-state index contributed by atoms with van der Waals surface area (Å²) in [6.07, 6.45) is 0. The lowest BCUT2D eigenvalue weighted by Crippen LogP contribution is -2.22. The number of halogens is 2. The molecular weight excluding hydrogens is 437 g/mol. The van der Waals surface area contributed by atoms with Gasteiger partial charge in [0.15, 0.2) is 0 Å². The molecule has 1 amide bonds. The minimum absolute atomic E-state index is 0.0471. The molecule has 100 valence electrons. The summed E-state index contributed by atoms with van der Waals surface area (Å²) in [6, 6.07) is 7.87. The van der Waals surface area contributed by atoms with E-state index in [0.717, 1.165) is 8.04 Å². The number of thiophene rings is 1. The van der Waals surface area contributed by atoms with Crippen molar-refractivity contribution >= 4 is 55.8 Å². The molecule has 2 nitrogen and oxygen atoms in total. The maximum Gasteiger partial charge on any atom is 0.252 e. The maximum atomic E-state index is 12.1. The maximum absolute atomic E-state index is 12.1. The Hall–Kier alpha value is -0.400. The average molecular weight is 450 g/mol. The molecule has 0 atom stereocenters. The van der Waals surface area contributed by atoms with Crippen molar-refractivity contribution < 1.29 is 4.79 Å². The minimum atomic E-state index is -0.0471. The van der Waals surface area contributed by atoms with Gasteiger partial charge >= 0.3 is 0 Å². The Kier molecular flexibility index (Phi) is 5.03. The van der Waals surface area contributed by atoms with E-state index in [1.807, 2.05) is 18.2 Å². The van der Waals surface area contributed by atoms with Crippen LogP contribution >= 0.6 is 49.9 Å². The first-order valence-corrected chi connectivity index (χ1v) is 8.45. The van der Waals surface area contributed by atoms with E-state index in [9.17, 15) is 4.79 Å². The third-order valence-electron chi connectivity index (χ3n) is 2.81. The van der Waals surface area contributed by atoms with Crippen molar-refractivity contribution in [1.29, 1.82) is 0 Å². The minimum Gasteiger partial charge on any atom is -0.347 e. The quantitative estimate of drug-likeness (QED) is 0.678. The summed E-state index contributed by atoms with van der Waals surface area (Å²) < 4.78 is 1.87. The van der Waals surface area contributed by atoms with E-state index < -0.39 is 0 Å². The Bertz CT molecular complexity index is 604. The second kappa shape index (κ2) is 6.37. The fraction of sp³-hybridized carbons (Fsp3) is 0.214. The zero-order chi connectivity index (χ0) is 14.0. The van der Waals surface area contributed by atoms with Crippen LogP contribution in [0.2, 0.25) is 0 Å². The van der Waals surface area contributed by atoms with E-state index in [4.69, 9.17) is 0 Å². The number of nitrogens with one attached hydrogen (secondary N) is 1. The number of hydrogen-bond donors (Lipinski definition) is 1. The topological polar surface area (TPSA) is 29.1 Å². The highest BCUT2D eigenvalue weighted by Gasteiger charge is 2.11. The molecule has 0 spiro atoms. The number of carbonyl (C=O) groups excluding carboxylic acids is 1. The van der Waals surface area contributed by atoms with Crippen LogP contribution in [0.1, 0.15) is 25.7 Å². The lowest BCUT2D eigenvalue weighted by Gasteiger charge is -2.06. The van der Waals surface area contributed by atoms with E-state index in [0.29, 0.717) is 12.1 Å². The smallest absolute Gasteiger partial charge is 0.252 e. The molecule has 1 heterocycles. The highest BCUT2D eigenvalue weighted by atomic mass is 127. The first kappa shape index (κ1) is 15.0. The Labute approximate surface area is 138 Å². The molecule has 1 N–H and O–H groups in total. The summed E-state index contributed by atoms with van der Waals surface area (Å²) in [7, 11) is 0. The second-order valence-corrected chi connectivity index (χ2v) is 7.70. The molecule has 0 saturated carbocycles. The zero-order valence-electron chi connectivity index (χ0n) is 10.6. The van der Waals surface area contributed by atoms with Gasteiger partial charge in [-0.2, -0.15) is 0 Å². The number of hydrogen-bond acceptors (Lipinski definition) is 2. The molecule has 0 radical (unpaired) electrons. The molecule has 0 aliphatic rings. The van der Waals surface area contributed by atoms with Gasteiger partial charge in [0.25, 0.3) is 5.91 Å². The van der Waals surface area contributed by atoms with E-state index in [1.165, 1.54) is 15.3 Å². The first-order chi connectivity index (χ1) is 8.97. The van der Waals surface area contributed by atoms with Crippen LogP contribution in [0.5, 0.6) is 0 Å². The van der Waals surface area contributed by atoms with Crippen LogP contribution in [0.25, 0.3) is 0 Å². The van der Waals surface area contributed by atoms with Crippen molar-refractivity contribution in [2.45, 2.75) is 20.4 Å². The van der Waals surface area contributed by atoms with Crippen LogP contribution in [-0.4, -0.2) is 5.91 Å². The summed E-state index contributed by atoms with van der Waals surface area (Å²) in [5.41, 5.74) is 1.96. The van der Waals surface area contributed by atoms with Crippen molar-refractivity contribution in [1.82, 2.24) is 5.32 Å². The third-order valence-corrected chi connectivity index (χ3v) is 5.33. The molecule has 2 rings (SSSR count). The van der Waals surface area contributed by atoms with Crippen molar-refractivity contribution in [2.24, 2.45) is 0 Å². The lowest BCUT2D eigenvalue weighted by molar-refractivity contribution is 0.0950. The predicted octanol–water partition coefficient (Wildman–Crippen LogP) is 4.66. The van der Waals surface area contributed by atoms with Crippen LogP contribution in [0, 0.1) is 17.4 Å². The largest absolute Gasteiger partial charge is 0.347 e. The molecule has 0 aliphatic carbocycles. The molecule has 0 bridgehead atoms. The Morgan fingerprint density at radius 3 is 2.74 bits per heavy atom. The standard InChI is InChI=1S/C14H13BrINOS/c1-8-5-11(19-9(8)2)7-17-14(18)12-6-10(16)3-4-13(12)15/h3-6H,7H2,1-2H3,(H,17,18). The van der Waals surface area contributed by atoms with Crippen LogP contribution in [-0.2, 0) is 6.54 Å². The summed E-state index contributed by atoms with van der Waals surface area (Å²) >= 11 is 7.35. The Morgan fingerprint density at radius 2 is 2.11 bits per heavy atom. The number of carbonyl (C=O) groups is 1. The molecular formula is C14H13BrINOS. The summed E-state index contributed by atoms with van der Waals surface area (Å²) in [6.45, 7) is 4.77. The van der Waals surface area contributed by atoms with Gasteiger partial charge in [0, 0.05) is 17.8 Å². The van der Waals surface area contributed by atoms with E-state index >= 15 is 0 Å². The van der Waals surface area contributed by atoms with Gasteiger partial charge < -0.3 is 5.32 Å². The predicted molar refractivity (Wildman–Crippen MR) is 91.8 cm³/mol. The molecule has 19 heavy (non-hydrogen) atoms. The number of rotatable bonds is 3. The molecule has 2 aromatic rings. The Morgan fingerprint density at radius 1 is 1.37 bits per heavy atom. The summed E-state index contributed by atoms with van der Waals surface area (Å²) in [5.74, 6) is -0.0471. The normalized spacial score (nSPS) is 10.5. The molecule has 1 aromatic heterocycles. The van der Waals surface area contributed by atoms with Crippen molar-refractivity contribution in [3.05, 3.63) is 53.2 Å². The van der Waals surface area contributed by atoms with Crippen molar-refractivity contribution in [2.75, 3.05) is 0 Å². The SMILES string of the molecule is Cc1cc(CNC(=O)c2cc(I)ccc2Br)sc1C. The van der Waals surface area contributed by atoms with Gasteiger partial charge in [-0.1, -0.05) is 0 Å². The highest BCUT2D eigenvalue weighted by Crippen LogP contribution is 2.22. The van der Waals surface area contributed by atoms with Gasteiger partial charge in [-0.3, -0.25) is 4.79 Å². The number of aryl methyl sites for hydroxylation is 2. The van der Waals surface area contributed by atoms with Crippen LogP contribution in [0.15, 0.2) is 28.7 Å². The molecule has 0 saturated heterocycles. The number of benzene rings is 1. The van der Waals surface area contributed by atoms with Crippen molar-refractivity contribution in [3.63, 3.8) is 0 Å². The fourth-order valence-electron chi connectivity index (χ4n) is 1.67. The van der Waals surface area contributed by atoms with Gasteiger partial charge in [0.05, 0.1) is 12.1 Å². The summed E-state index contributed by atoms with van der Waals surface area (Å²) in [4.78, 5) is 14.6. The van der Waals surface area contributed by atoms with E-state index in [-0.39, 0.29) is 5.91 Å². The second-order valence-electron chi connectivity index (χ2n) is 4.26. The van der Waals surface area contributed by atoms with E-state index in [1.54, 1.807) is 11.3 Å².